The molecule has 0 bridgehead atoms. The van der Waals surface area contributed by atoms with Gasteiger partial charge in [-0.1, -0.05) is 15.9 Å². The highest BCUT2D eigenvalue weighted by atomic mass is 79.9. The standard InChI is InChI=1S/C9H9BrF3NO/c1-15-7-3-2-5(10)4-6(7)8(14)9(11,12)13/h2-4,8H,14H2,1H3/t8-/m1/s1. The summed E-state index contributed by atoms with van der Waals surface area (Å²) in [5.41, 5.74) is 5.01. The van der Waals surface area contributed by atoms with Gasteiger partial charge in [0.15, 0.2) is 0 Å². The number of rotatable bonds is 2. The molecule has 15 heavy (non-hydrogen) atoms. The van der Waals surface area contributed by atoms with Gasteiger partial charge in [-0.3, -0.25) is 0 Å². The van der Waals surface area contributed by atoms with Gasteiger partial charge in [0.05, 0.1) is 7.11 Å². The lowest BCUT2D eigenvalue weighted by Crippen LogP contribution is -2.28. The van der Waals surface area contributed by atoms with Gasteiger partial charge in [0.2, 0.25) is 0 Å². The molecule has 0 amide bonds. The number of methoxy groups -OCH3 is 1. The molecule has 1 aromatic rings. The molecule has 0 unspecified atom stereocenters. The molecular formula is C9H9BrF3NO. The maximum absolute atomic E-state index is 12.4. The van der Waals surface area contributed by atoms with Crippen molar-refractivity contribution in [1.82, 2.24) is 0 Å². The van der Waals surface area contributed by atoms with Crippen molar-refractivity contribution in [2.24, 2.45) is 5.73 Å². The van der Waals surface area contributed by atoms with Crippen LogP contribution in [0.2, 0.25) is 0 Å². The summed E-state index contributed by atoms with van der Waals surface area (Å²) in [6, 6.07) is 2.29. The molecule has 0 spiro atoms. The molecule has 1 aromatic carbocycles. The molecule has 2 N–H and O–H groups in total. The topological polar surface area (TPSA) is 35.2 Å². The first-order chi connectivity index (χ1) is 6.86. The average molecular weight is 284 g/mol. The normalized spacial score (nSPS) is 13.7. The maximum atomic E-state index is 12.4. The molecule has 0 aliphatic rings. The molecule has 0 aliphatic carbocycles. The number of halogens is 4. The summed E-state index contributed by atoms with van der Waals surface area (Å²) in [5.74, 6) is 0.128. The largest absolute Gasteiger partial charge is 0.496 e. The highest BCUT2D eigenvalue weighted by Crippen LogP contribution is 2.36. The van der Waals surface area contributed by atoms with Crippen molar-refractivity contribution in [3.63, 3.8) is 0 Å². The third kappa shape index (κ3) is 2.85. The Morgan fingerprint density at radius 1 is 1.40 bits per heavy atom. The van der Waals surface area contributed by atoms with E-state index in [0.717, 1.165) is 0 Å². The van der Waals surface area contributed by atoms with Crippen molar-refractivity contribution in [2.75, 3.05) is 7.11 Å². The first-order valence-corrected chi connectivity index (χ1v) is 4.81. The molecule has 1 atom stereocenters. The summed E-state index contributed by atoms with van der Waals surface area (Å²) in [6.45, 7) is 0. The fourth-order valence-corrected chi connectivity index (χ4v) is 1.50. The van der Waals surface area contributed by atoms with Gasteiger partial charge in [-0.15, -0.1) is 0 Å². The highest BCUT2D eigenvalue weighted by molar-refractivity contribution is 9.10. The predicted molar refractivity (Wildman–Crippen MR) is 53.7 cm³/mol. The van der Waals surface area contributed by atoms with E-state index in [4.69, 9.17) is 10.5 Å². The molecule has 0 radical (unpaired) electrons. The highest BCUT2D eigenvalue weighted by Gasteiger charge is 2.39. The fraction of sp³-hybridized carbons (Fsp3) is 0.333. The fourth-order valence-electron chi connectivity index (χ4n) is 1.12. The second-order valence-corrected chi connectivity index (χ2v) is 3.82. The van der Waals surface area contributed by atoms with Gasteiger partial charge in [-0.25, -0.2) is 0 Å². The third-order valence-corrected chi connectivity index (χ3v) is 2.37. The molecule has 0 saturated carbocycles. The van der Waals surface area contributed by atoms with Crippen LogP contribution in [-0.4, -0.2) is 13.3 Å². The Bertz CT molecular complexity index is 354. The minimum Gasteiger partial charge on any atom is -0.496 e. The molecule has 84 valence electrons. The van der Waals surface area contributed by atoms with Gasteiger partial charge >= 0.3 is 6.18 Å². The Kier molecular flexibility index (Phi) is 3.62. The van der Waals surface area contributed by atoms with E-state index in [-0.39, 0.29) is 11.3 Å². The minimum atomic E-state index is -4.48. The van der Waals surface area contributed by atoms with Crippen LogP contribution in [0.4, 0.5) is 13.2 Å². The third-order valence-electron chi connectivity index (χ3n) is 1.88. The van der Waals surface area contributed by atoms with Crippen molar-refractivity contribution in [3.8, 4) is 5.75 Å². The molecular weight excluding hydrogens is 275 g/mol. The number of ether oxygens (including phenoxy) is 1. The van der Waals surface area contributed by atoms with Gasteiger partial charge in [-0.2, -0.15) is 13.2 Å². The van der Waals surface area contributed by atoms with E-state index in [9.17, 15) is 13.2 Å². The van der Waals surface area contributed by atoms with E-state index in [1.54, 1.807) is 6.07 Å². The molecule has 0 fully saturated rings. The summed E-state index contributed by atoms with van der Waals surface area (Å²) < 4.78 is 42.5. The molecule has 1 rings (SSSR count). The lowest BCUT2D eigenvalue weighted by atomic mass is 10.1. The zero-order valence-electron chi connectivity index (χ0n) is 7.81. The smallest absolute Gasteiger partial charge is 0.407 e. The van der Waals surface area contributed by atoms with Crippen molar-refractivity contribution in [3.05, 3.63) is 28.2 Å². The summed E-state index contributed by atoms with van der Waals surface area (Å²) >= 11 is 3.08. The molecule has 2 nitrogen and oxygen atoms in total. The molecule has 0 heterocycles. The number of hydrogen-bond acceptors (Lipinski definition) is 2. The van der Waals surface area contributed by atoms with Crippen LogP contribution in [0.15, 0.2) is 22.7 Å². The molecule has 0 saturated heterocycles. The average Bonchev–Trinajstić information content (AvgIpc) is 2.15. The van der Waals surface area contributed by atoms with Crippen LogP contribution in [0, 0.1) is 0 Å². The van der Waals surface area contributed by atoms with Crippen LogP contribution in [0.3, 0.4) is 0 Å². The summed E-state index contributed by atoms with van der Waals surface area (Å²) in [6.07, 6.45) is -4.48. The van der Waals surface area contributed by atoms with Crippen LogP contribution >= 0.6 is 15.9 Å². The maximum Gasteiger partial charge on any atom is 0.407 e. The quantitative estimate of drug-likeness (QED) is 0.906. The van der Waals surface area contributed by atoms with E-state index in [1.807, 2.05) is 0 Å². The van der Waals surface area contributed by atoms with E-state index in [0.29, 0.717) is 4.47 Å². The van der Waals surface area contributed by atoms with Crippen LogP contribution in [0.25, 0.3) is 0 Å². The van der Waals surface area contributed by atoms with Gasteiger partial charge in [0.25, 0.3) is 0 Å². The molecule has 0 aliphatic heterocycles. The lowest BCUT2D eigenvalue weighted by Gasteiger charge is -2.18. The van der Waals surface area contributed by atoms with Crippen molar-refractivity contribution in [1.29, 1.82) is 0 Å². The van der Waals surface area contributed by atoms with Crippen molar-refractivity contribution < 1.29 is 17.9 Å². The summed E-state index contributed by atoms with van der Waals surface area (Å²) in [4.78, 5) is 0. The van der Waals surface area contributed by atoms with Crippen LogP contribution in [-0.2, 0) is 0 Å². The van der Waals surface area contributed by atoms with Gasteiger partial charge < -0.3 is 10.5 Å². The van der Waals surface area contributed by atoms with E-state index < -0.39 is 12.2 Å². The first-order valence-electron chi connectivity index (χ1n) is 4.02. The lowest BCUT2D eigenvalue weighted by molar-refractivity contribution is -0.149. The van der Waals surface area contributed by atoms with Gasteiger partial charge in [-0.05, 0) is 18.2 Å². The van der Waals surface area contributed by atoms with Crippen LogP contribution in [0.1, 0.15) is 11.6 Å². The van der Waals surface area contributed by atoms with Crippen LogP contribution < -0.4 is 10.5 Å². The monoisotopic (exact) mass is 283 g/mol. The van der Waals surface area contributed by atoms with Crippen molar-refractivity contribution in [2.45, 2.75) is 12.2 Å². The van der Waals surface area contributed by atoms with Crippen LogP contribution in [0.5, 0.6) is 5.75 Å². The SMILES string of the molecule is COc1ccc(Br)cc1[C@@H](N)C(F)(F)F. The second kappa shape index (κ2) is 4.40. The first kappa shape index (κ1) is 12.3. The van der Waals surface area contributed by atoms with E-state index >= 15 is 0 Å². The zero-order valence-corrected chi connectivity index (χ0v) is 9.39. The zero-order chi connectivity index (χ0) is 11.6. The molecule has 6 heteroatoms. The van der Waals surface area contributed by atoms with Gasteiger partial charge in [0.1, 0.15) is 11.8 Å². The van der Waals surface area contributed by atoms with Gasteiger partial charge in [0, 0.05) is 10.0 Å². The number of nitrogens with two attached hydrogens (primary N) is 1. The summed E-state index contributed by atoms with van der Waals surface area (Å²) in [7, 11) is 1.30. The predicted octanol–water partition coefficient (Wildman–Crippen LogP) is 3.02. The minimum absolute atomic E-state index is 0.0839. The summed E-state index contributed by atoms with van der Waals surface area (Å²) in [5, 5.41) is 0. The Labute approximate surface area is 93.3 Å². The Hall–Kier alpha value is -0.750. The van der Waals surface area contributed by atoms with Crippen molar-refractivity contribution >= 4 is 15.9 Å². The number of hydrogen-bond donors (Lipinski definition) is 1. The van der Waals surface area contributed by atoms with E-state index in [1.165, 1.54) is 19.2 Å². The molecule has 0 aromatic heterocycles. The Morgan fingerprint density at radius 2 is 2.00 bits per heavy atom. The van der Waals surface area contributed by atoms with E-state index in [2.05, 4.69) is 15.9 Å². The Morgan fingerprint density at radius 3 is 2.47 bits per heavy atom. The number of alkyl halides is 3. The number of benzene rings is 1. The second-order valence-electron chi connectivity index (χ2n) is 2.91. The Balaban J connectivity index is 3.17.